The van der Waals surface area contributed by atoms with Crippen molar-refractivity contribution in [3.63, 3.8) is 0 Å². The first-order valence-corrected chi connectivity index (χ1v) is 5.59. The number of nitrogens with two attached hydrogens (primary N) is 1. The van der Waals surface area contributed by atoms with E-state index in [4.69, 9.17) is 28.9 Å². The molecular formula is C12H9Cl2FN2. The molecule has 3 N–H and O–H groups in total. The topological polar surface area (TPSA) is 38.0 Å². The zero-order valence-corrected chi connectivity index (χ0v) is 10.2. The molecule has 88 valence electrons. The van der Waals surface area contributed by atoms with Gasteiger partial charge in [0.05, 0.1) is 16.4 Å². The molecule has 0 atom stereocenters. The lowest BCUT2D eigenvalue weighted by Gasteiger charge is -2.10. The number of halogens is 3. The van der Waals surface area contributed by atoms with Gasteiger partial charge < -0.3 is 11.1 Å². The smallest absolute Gasteiger partial charge is 0.148 e. The Kier molecular flexibility index (Phi) is 3.41. The normalized spacial score (nSPS) is 10.3. The van der Waals surface area contributed by atoms with Gasteiger partial charge in [-0.1, -0.05) is 23.2 Å². The van der Waals surface area contributed by atoms with Crippen LogP contribution in [0.15, 0.2) is 36.4 Å². The Hall–Kier alpha value is -1.45. The van der Waals surface area contributed by atoms with Crippen molar-refractivity contribution in [2.24, 2.45) is 0 Å². The van der Waals surface area contributed by atoms with Gasteiger partial charge in [0.15, 0.2) is 0 Å². The van der Waals surface area contributed by atoms with Gasteiger partial charge in [0.25, 0.3) is 0 Å². The molecular weight excluding hydrogens is 262 g/mol. The molecule has 2 aromatic rings. The first-order valence-electron chi connectivity index (χ1n) is 4.83. The summed E-state index contributed by atoms with van der Waals surface area (Å²) < 4.78 is 13.5. The highest BCUT2D eigenvalue weighted by Crippen LogP contribution is 2.29. The lowest BCUT2D eigenvalue weighted by atomic mass is 10.2. The lowest BCUT2D eigenvalue weighted by molar-refractivity contribution is 0.632. The summed E-state index contributed by atoms with van der Waals surface area (Å²) in [7, 11) is 0. The van der Waals surface area contributed by atoms with Gasteiger partial charge >= 0.3 is 0 Å². The van der Waals surface area contributed by atoms with Crippen LogP contribution < -0.4 is 11.1 Å². The molecule has 0 aliphatic carbocycles. The van der Waals surface area contributed by atoms with Crippen LogP contribution in [0, 0.1) is 5.82 Å². The molecule has 2 nitrogen and oxygen atoms in total. The van der Waals surface area contributed by atoms with Crippen molar-refractivity contribution in [3.8, 4) is 0 Å². The maximum absolute atomic E-state index is 13.5. The van der Waals surface area contributed by atoms with Crippen molar-refractivity contribution < 1.29 is 4.39 Å². The van der Waals surface area contributed by atoms with Crippen molar-refractivity contribution in [1.29, 1.82) is 0 Å². The summed E-state index contributed by atoms with van der Waals surface area (Å²) in [5.74, 6) is -0.443. The Labute approximate surface area is 108 Å². The summed E-state index contributed by atoms with van der Waals surface area (Å²) in [6.07, 6.45) is 0. The predicted molar refractivity (Wildman–Crippen MR) is 70.6 cm³/mol. The van der Waals surface area contributed by atoms with Crippen molar-refractivity contribution in [3.05, 3.63) is 52.3 Å². The van der Waals surface area contributed by atoms with E-state index in [-0.39, 0.29) is 0 Å². The average molecular weight is 271 g/mol. The fraction of sp³-hybridized carbons (Fsp3) is 0. The quantitative estimate of drug-likeness (QED) is 0.791. The molecule has 0 unspecified atom stereocenters. The first kappa shape index (κ1) is 12.0. The Bertz CT molecular complexity index is 558. The lowest BCUT2D eigenvalue weighted by Crippen LogP contribution is -1.96. The third-order valence-electron chi connectivity index (χ3n) is 2.19. The molecule has 17 heavy (non-hydrogen) atoms. The van der Waals surface area contributed by atoms with E-state index in [9.17, 15) is 4.39 Å². The number of hydrogen-bond acceptors (Lipinski definition) is 2. The van der Waals surface area contributed by atoms with Gasteiger partial charge in [-0.2, -0.15) is 0 Å². The van der Waals surface area contributed by atoms with Crippen LogP contribution in [0.1, 0.15) is 0 Å². The van der Waals surface area contributed by atoms with E-state index in [0.29, 0.717) is 27.1 Å². The van der Waals surface area contributed by atoms with E-state index in [1.54, 1.807) is 30.3 Å². The van der Waals surface area contributed by atoms with Crippen LogP contribution in [0.2, 0.25) is 10.0 Å². The van der Waals surface area contributed by atoms with Crippen LogP contribution >= 0.6 is 23.2 Å². The largest absolute Gasteiger partial charge is 0.399 e. The van der Waals surface area contributed by atoms with Crippen LogP contribution in [0.25, 0.3) is 0 Å². The second kappa shape index (κ2) is 4.82. The Balaban J connectivity index is 2.34. The molecule has 0 radical (unpaired) electrons. The minimum absolute atomic E-state index is 0.295. The van der Waals surface area contributed by atoms with Crippen molar-refractivity contribution in [2.45, 2.75) is 0 Å². The molecule has 2 aromatic carbocycles. The molecule has 0 fully saturated rings. The maximum atomic E-state index is 13.5. The predicted octanol–water partition coefficient (Wildman–Crippen LogP) is 4.46. The van der Waals surface area contributed by atoms with Crippen LogP contribution in [-0.4, -0.2) is 0 Å². The fourth-order valence-electron chi connectivity index (χ4n) is 1.37. The summed E-state index contributed by atoms with van der Waals surface area (Å²) in [5.41, 5.74) is 6.66. The zero-order valence-electron chi connectivity index (χ0n) is 8.68. The van der Waals surface area contributed by atoms with Gasteiger partial charge in [0.1, 0.15) is 5.82 Å². The second-order valence-electron chi connectivity index (χ2n) is 3.49. The van der Waals surface area contributed by atoms with E-state index < -0.39 is 5.82 Å². The molecule has 0 aliphatic rings. The molecule has 2 rings (SSSR count). The third-order valence-corrected chi connectivity index (χ3v) is 2.76. The molecule has 0 saturated carbocycles. The second-order valence-corrected chi connectivity index (χ2v) is 4.33. The van der Waals surface area contributed by atoms with Crippen LogP contribution in [0.5, 0.6) is 0 Å². The molecule has 5 heteroatoms. The Morgan fingerprint density at radius 2 is 1.76 bits per heavy atom. The van der Waals surface area contributed by atoms with E-state index in [1.807, 2.05) is 0 Å². The van der Waals surface area contributed by atoms with Crippen LogP contribution in [-0.2, 0) is 0 Å². The minimum Gasteiger partial charge on any atom is -0.399 e. The highest BCUT2D eigenvalue weighted by Gasteiger charge is 2.06. The molecule has 0 bridgehead atoms. The van der Waals surface area contributed by atoms with E-state index >= 15 is 0 Å². The summed E-state index contributed by atoms with van der Waals surface area (Å²) in [4.78, 5) is 0. The molecule has 0 aliphatic heterocycles. The molecule has 0 saturated heterocycles. The monoisotopic (exact) mass is 270 g/mol. The van der Waals surface area contributed by atoms with Crippen molar-refractivity contribution >= 4 is 40.3 Å². The maximum Gasteiger partial charge on any atom is 0.148 e. The SMILES string of the molecule is Nc1ccc(Nc2cc(Cl)ccc2Cl)c(F)c1. The first-order chi connectivity index (χ1) is 8.06. The zero-order chi connectivity index (χ0) is 12.4. The van der Waals surface area contributed by atoms with Gasteiger partial charge in [-0.3, -0.25) is 0 Å². The number of anilines is 3. The highest BCUT2D eigenvalue weighted by molar-refractivity contribution is 6.35. The molecule has 0 heterocycles. The minimum atomic E-state index is -0.443. The summed E-state index contributed by atoms with van der Waals surface area (Å²) in [6, 6.07) is 9.31. The van der Waals surface area contributed by atoms with Crippen molar-refractivity contribution in [1.82, 2.24) is 0 Å². The summed E-state index contributed by atoms with van der Waals surface area (Å²) in [6.45, 7) is 0. The van der Waals surface area contributed by atoms with Crippen LogP contribution in [0.4, 0.5) is 21.5 Å². The van der Waals surface area contributed by atoms with Crippen LogP contribution in [0.3, 0.4) is 0 Å². The molecule has 0 amide bonds. The van der Waals surface area contributed by atoms with E-state index in [2.05, 4.69) is 5.32 Å². The third kappa shape index (κ3) is 2.81. The molecule has 0 aromatic heterocycles. The highest BCUT2D eigenvalue weighted by atomic mass is 35.5. The van der Waals surface area contributed by atoms with Gasteiger partial charge in [0, 0.05) is 10.7 Å². The fourth-order valence-corrected chi connectivity index (χ4v) is 1.71. The van der Waals surface area contributed by atoms with Gasteiger partial charge in [-0.25, -0.2) is 4.39 Å². The number of hydrogen-bond donors (Lipinski definition) is 2. The van der Waals surface area contributed by atoms with Gasteiger partial charge in [-0.15, -0.1) is 0 Å². The number of nitrogens with one attached hydrogen (secondary N) is 1. The summed E-state index contributed by atoms with van der Waals surface area (Å²) in [5, 5.41) is 3.85. The van der Waals surface area contributed by atoms with E-state index in [0.717, 1.165) is 0 Å². The summed E-state index contributed by atoms with van der Waals surface area (Å²) >= 11 is 11.8. The van der Waals surface area contributed by atoms with E-state index in [1.165, 1.54) is 6.07 Å². The molecule has 0 spiro atoms. The standard InChI is InChI=1S/C12H9Cl2FN2/c13-7-1-3-9(14)12(5-7)17-11-4-2-8(16)6-10(11)15/h1-6,17H,16H2. The number of nitrogen functional groups attached to an aromatic ring is 1. The van der Waals surface area contributed by atoms with Gasteiger partial charge in [0.2, 0.25) is 0 Å². The Morgan fingerprint density at radius 3 is 2.47 bits per heavy atom. The van der Waals surface area contributed by atoms with Gasteiger partial charge in [-0.05, 0) is 36.4 Å². The van der Waals surface area contributed by atoms with Crippen molar-refractivity contribution in [2.75, 3.05) is 11.1 Å². The number of benzene rings is 2. The Morgan fingerprint density at radius 1 is 1.00 bits per heavy atom. The average Bonchev–Trinajstić information content (AvgIpc) is 2.27. The number of rotatable bonds is 2.